The Kier molecular flexibility index (Phi) is 2.48. The van der Waals surface area contributed by atoms with Gasteiger partial charge in [0, 0.05) is 6.20 Å². The lowest BCUT2D eigenvalue weighted by Crippen LogP contribution is -2.08. The standard InChI is InChI=1S/C5H5BrClN3/c6-4-3(7)1-2-9-5(4)10-8/h1-2H,8H2,(H,9,10). The van der Waals surface area contributed by atoms with Crippen LogP contribution in [0, 0.1) is 0 Å². The number of hydrogen-bond donors (Lipinski definition) is 2. The number of anilines is 1. The van der Waals surface area contributed by atoms with Gasteiger partial charge in [-0.1, -0.05) is 11.6 Å². The van der Waals surface area contributed by atoms with E-state index < -0.39 is 0 Å². The van der Waals surface area contributed by atoms with Crippen LogP contribution < -0.4 is 11.3 Å². The largest absolute Gasteiger partial charge is 0.307 e. The Bertz CT molecular complexity index is 240. The molecule has 0 saturated heterocycles. The van der Waals surface area contributed by atoms with E-state index in [-0.39, 0.29) is 0 Å². The van der Waals surface area contributed by atoms with Crippen molar-refractivity contribution in [3.63, 3.8) is 0 Å². The van der Waals surface area contributed by atoms with Gasteiger partial charge < -0.3 is 5.43 Å². The van der Waals surface area contributed by atoms with Crippen molar-refractivity contribution in [3.8, 4) is 0 Å². The molecule has 0 aliphatic carbocycles. The molecule has 1 aromatic heterocycles. The lowest BCUT2D eigenvalue weighted by molar-refractivity contribution is 1.21. The SMILES string of the molecule is NNc1nccc(Cl)c1Br. The van der Waals surface area contributed by atoms with Crippen LogP contribution in [-0.4, -0.2) is 4.98 Å². The lowest BCUT2D eigenvalue weighted by atomic mass is 10.5. The number of rotatable bonds is 1. The lowest BCUT2D eigenvalue weighted by Gasteiger charge is -2.01. The highest BCUT2D eigenvalue weighted by Crippen LogP contribution is 2.26. The molecule has 0 fully saturated rings. The van der Waals surface area contributed by atoms with Crippen LogP contribution in [0.4, 0.5) is 5.82 Å². The average molecular weight is 222 g/mol. The zero-order valence-electron chi connectivity index (χ0n) is 4.94. The minimum Gasteiger partial charge on any atom is -0.307 e. The second kappa shape index (κ2) is 3.18. The molecule has 1 rings (SSSR count). The number of aromatic nitrogens is 1. The summed E-state index contributed by atoms with van der Waals surface area (Å²) in [5.41, 5.74) is 2.39. The topological polar surface area (TPSA) is 50.9 Å². The molecule has 0 radical (unpaired) electrons. The Balaban J connectivity index is 3.14. The number of nitrogens with one attached hydrogen (secondary N) is 1. The molecule has 54 valence electrons. The third-order valence-corrected chi connectivity index (χ3v) is 2.32. The van der Waals surface area contributed by atoms with Crippen molar-refractivity contribution in [1.82, 2.24) is 4.98 Å². The third-order valence-electron chi connectivity index (χ3n) is 0.979. The Hall–Kier alpha value is -0.320. The third kappa shape index (κ3) is 1.39. The molecular formula is C5H5BrClN3. The molecule has 0 saturated carbocycles. The van der Waals surface area contributed by atoms with Crippen LogP contribution in [0.15, 0.2) is 16.7 Å². The van der Waals surface area contributed by atoms with Gasteiger partial charge in [-0.3, -0.25) is 0 Å². The van der Waals surface area contributed by atoms with E-state index in [1.54, 1.807) is 12.3 Å². The van der Waals surface area contributed by atoms with Crippen molar-refractivity contribution in [2.45, 2.75) is 0 Å². The monoisotopic (exact) mass is 221 g/mol. The van der Waals surface area contributed by atoms with Crippen molar-refractivity contribution < 1.29 is 0 Å². The molecule has 0 unspecified atom stereocenters. The van der Waals surface area contributed by atoms with Crippen molar-refractivity contribution >= 4 is 33.3 Å². The van der Waals surface area contributed by atoms with Gasteiger partial charge in [0.1, 0.15) is 0 Å². The number of nitrogen functional groups attached to an aromatic ring is 1. The predicted octanol–water partition coefficient (Wildman–Crippen LogP) is 1.78. The molecule has 5 heteroatoms. The summed E-state index contributed by atoms with van der Waals surface area (Å²) < 4.78 is 0.680. The van der Waals surface area contributed by atoms with Gasteiger partial charge in [-0.05, 0) is 22.0 Å². The summed E-state index contributed by atoms with van der Waals surface area (Å²) in [5, 5.41) is 0.586. The molecule has 0 atom stereocenters. The molecule has 1 aromatic rings. The molecule has 0 aromatic carbocycles. The van der Waals surface area contributed by atoms with Crippen LogP contribution in [0.25, 0.3) is 0 Å². The fraction of sp³-hybridized carbons (Fsp3) is 0. The summed E-state index contributed by atoms with van der Waals surface area (Å²) in [6, 6.07) is 1.67. The van der Waals surface area contributed by atoms with Gasteiger partial charge in [-0.2, -0.15) is 0 Å². The van der Waals surface area contributed by atoms with E-state index in [9.17, 15) is 0 Å². The number of nitrogens with two attached hydrogens (primary N) is 1. The summed E-state index contributed by atoms with van der Waals surface area (Å²) in [6.07, 6.45) is 1.57. The first-order valence-electron chi connectivity index (χ1n) is 2.52. The van der Waals surface area contributed by atoms with Gasteiger partial charge in [0.25, 0.3) is 0 Å². The molecule has 0 spiro atoms. The van der Waals surface area contributed by atoms with Gasteiger partial charge in [0.15, 0.2) is 5.82 Å². The van der Waals surface area contributed by atoms with Crippen LogP contribution in [0.5, 0.6) is 0 Å². The maximum absolute atomic E-state index is 5.71. The first kappa shape index (κ1) is 7.78. The van der Waals surface area contributed by atoms with Crippen LogP contribution >= 0.6 is 27.5 Å². The summed E-state index contributed by atoms with van der Waals surface area (Å²) in [6.45, 7) is 0. The van der Waals surface area contributed by atoms with Gasteiger partial charge in [-0.25, -0.2) is 10.8 Å². The molecule has 0 amide bonds. The number of nitrogens with zero attached hydrogens (tertiary/aromatic N) is 1. The van der Waals surface area contributed by atoms with Crippen molar-refractivity contribution in [3.05, 3.63) is 21.8 Å². The first-order chi connectivity index (χ1) is 4.75. The Labute approximate surface area is 71.7 Å². The fourth-order valence-corrected chi connectivity index (χ4v) is 1.02. The van der Waals surface area contributed by atoms with E-state index in [1.165, 1.54) is 0 Å². The smallest absolute Gasteiger partial charge is 0.155 e. The second-order valence-electron chi connectivity index (χ2n) is 1.60. The molecule has 3 nitrogen and oxygen atoms in total. The highest BCUT2D eigenvalue weighted by atomic mass is 79.9. The maximum Gasteiger partial charge on any atom is 0.155 e. The molecule has 3 N–H and O–H groups in total. The molecule has 0 aliphatic rings. The Morgan fingerprint density at radius 1 is 1.70 bits per heavy atom. The molecule has 1 heterocycles. The van der Waals surface area contributed by atoms with Crippen molar-refractivity contribution in [1.29, 1.82) is 0 Å². The minimum absolute atomic E-state index is 0.535. The summed E-state index contributed by atoms with van der Waals surface area (Å²) >= 11 is 8.91. The summed E-state index contributed by atoms with van der Waals surface area (Å²) in [4.78, 5) is 3.89. The molecule has 0 bridgehead atoms. The highest BCUT2D eigenvalue weighted by Gasteiger charge is 2.01. The van der Waals surface area contributed by atoms with E-state index in [0.717, 1.165) is 0 Å². The molecule has 10 heavy (non-hydrogen) atoms. The van der Waals surface area contributed by atoms with Gasteiger partial charge in [0.05, 0.1) is 9.50 Å². The van der Waals surface area contributed by atoms with E-state index in [4.69, 9.17) is 17.4 Å². The van der Waals surface area contributed by atoms with E-state index in [0.29, 0.717) is 15.3 Å². The minimum atomic E-state index is 0.535. The van der Waals surface area contributed by atoms with Gasteiger partial charge in [-0.15, -0.1) is 0 Å². The van der Waals surface area contributed by atoms with Crippen molar-refractivity contribution in [2.75, 3.05) is 5.43 Å². The second-order valence-corrected chi connectivity index (χ2v) is 2.80. The zero-order chi connectivity index (χ0) is 7.56. The Morgan fingerprint density at radius 2 is 2.40 bits per heavy atom. The number of halogens is 2. The Morgan fingerprint density at radius 3 is 2.90 bits per heavy atom. The molecular weight excluding hydrogens is 217 g/mol. The van der Waals surface area contributed by atoms with E-state index in [1.807, 2.05) is 0 Å². The van der Waals surface area contributed by atoms with Gasteiger partial charge >= 0.3 is 0 Å². The molecule has 0 aliphatic heterocycles. The highest BCUT2D eigenvalue weighted by molar-refractivity contribution is 9.10. The quantitative estimate of drug-likeness (QED) is 0.563. The normalized spacial score (nSPS) is 9.50. The van der Waals surface area contributed by atoms with E-state index in [2.05, 4.69) is 26.3 Å². The fourth-order valence-electron chi connectivity index (χ4n) is 0.521. The van der Waals surface area contributed by atoms with Crippen molar-refractivity contribution in [2.24, 2.45) is 5.84 Å². The predicted molar refractivity (Wildman–Crippen MR) is 44.8 cm³/mol. The average Bonchev–Trinajstić information content (AvgIpc) is 1.95. The van der Waals surface area contributed by atoms with Crippen LogP contribution in [-0.2, 0) is 0 Å². The van der Waals surface area contributed by atoms with Gasteiger partial charge in [0.2, 0.25) is 0 Å². The van der Waals surface area contributed by atoms with E-state index >= 15 is 0 Å². The zero-order valence-corrected chi connectivity index (χ0v) is 7.28. The van der Waals surface area contributed by atoms with Crippen LogP contribution in [0.2, 0.25) is 5.02 Å². The summed E-state index contributed by atoms with van der Waals surface area (Å²) in [7, 11) is 0. The van der Waals surface area contributed by atoms with Crippen LogP contribution in [0.3, 0.4) is 0 Å². The maximum atomic E-state index is 5.71. The van der Waals surface area contributed by atoms with Crippen LogP contribution in [0.1, 0.15) is 0 Å². The number of hydrazine groups is 1. The number of pyridine rings is 1. The number of hydrogen-bond acceptors (Lipinski definition) is 3. The summed E-state index contributed by atoms with van der Waals surface area (Å²) in [5.74, 6) is 5.65. The first-order valence-corrected chi connectivity index (χ1v) is 3.69.